The second-order valence-electron chi connectivity index (χ2n) is 3.98. The van der Waals surface area contributed by atoms with Crippen molar-refractivity contribution in [2.45, 2.75) is 13.8 Å². The van der Waals surface area contributed by atoms with Crippen LogP contribution < -0.4 is 0 Å². The highest BCUT2D eigenvalue weighted by Gasteiger charge is 2.11. The lowest BCUT2D eigenvalue weighted by molar-refractivity contribution is 0.510. The van der Waals surface area contributed by atoms with Crippen LogP contribution in [0.15, 0.2) is 36.4 Å². The fraction of sp³-hybridized carbons (Fsp3) is 0.143. The summed E-state index contributed by atoms with van der Waals surface area (Å²) in [5.74, 6) is -1.58. The first-order valence-electron chi connectivity index (χ1n) is 5.10. The third-order valence-electron chi connectivity index (χ3n) is 2.50. The Kier molecular flexibility index (Phi) is 2.73. The van der Waals surface area contributed by atoms with Crippen molar-refractivity contribution in [1.82, 2.24) is 0 Å². The maximum absolute atomic E-state index is 13.6. The molecule has 16 heavy (non-hydrogen) atoms. The summed E-state index contributed by atoms with van der Waals surface area (Å²) in [7, 11) is 0. The molecule has 0 N–H and O–H groups in total. The van der Waals surface area contributed by atoms with Gasteiger partial charge < -0.3 is 0 Å². The normalized spacial score (nSPS) is 10.5. The molecule has 0 nitrogen and oxygen atoms in total. The molecular weight excluding hydrogens is 206 g/mol. The summed E-state index contributed by atoms with van der Waals surface area (Å²) < 4.78 is 26.9. The summed E-state index contributed by atoms with van der Waals surface area (Å²) in [4.78, 5) is 0. The molecule has 0 aliphatic carbocycles. The van der Waals surface area contributed by atoms with Crippen LogP contribution in [0, 0.1) is 25.5 Å². The van der Waals surface area contributed by atoms with Crippen LogP contribution in [0.1, 0.15) is 11.1 Å². The monoisotopic (exact) mass is 218 g/mol. The number of aryl methyl sites for hydroxylation is 2. The van der Waals surface area contributed by atoms with Crippen LogP contribution >= 0.6 is 0 Å². The summed E-state index contributed by atoms with van der Waals surface area (Å²) in [5.41, 5.74) is 2.77. The van der Waals surface area contributed by atoms with Gasteiger partial charge in [0.2, 0.25) is 0 Å². The first-order valence-corrected chi connectivity index (χ1v) is 5.10. The zero-order valence-corrected chi connectivity index (χ0v) is 9.22. The van der Waals surface area contributed by atoms with Gasteiger partial charge in [0.15, 0.2) is 11.6 Å². The van der Waals surface area contributed by atoms with E-state index in [2.05, 4.69) is 0 Å². The summed E-state index contributed by atoms with van der Waals surface area (Å²) >= 11 is 0. The van der Waals surface area contributed by atoms with E-state index in [0.29, 0.717) is 11.1 Å². The molecule has 82 valence electrons. The Morgan fingerprint density at radius 2 is 1.62 bits per heavy atom. The van der Waals surface area contributed by atoms with Crippen LogP contribution in [0.2, 0.25) is 0 Å². The highest BCUT2D eigenvalue weighted by atomic mass is 19.2. The molecule has 0 aliphatic rings. The van der Waals surface area contributed by atoms with Gasteiger partial charge in [0.05, 0.1) is 0 Å². The summed E-state index contributed by atoms with van der Waals surface area (Å²) in [6.07, 6.45) is 0. The van der Waals surface area contributed by atoms with E-state index in [1.54, 1.807) is 19.1 Å². The number of benzene rings is 2. The van der Waals surface area contributed by atoms with E-state index in [9.17, 15) is 8.78 Å². The number of rotatable bonds is 1. The van der Waals surface area contributed by atoms with Gasteiger partial charge in [0, 0.05) is 5.56 Å². The quantitative estimate of drug-likeness (QED) is 0.671. The van der Waals surface area contributed by atoms with Gasteiger partial charge in [-0.05, 0) is 37.1 Å². The number of hydrogen-bond acceptors (Lipinski definition) is 0. The van der Waals surface area contributed by atoms with Gasteiger partial charge in [0.25, 0.3) is 0 Å². The maximum Gasteiger partial charge on any atom is 0.166 e. The summed E-state index contributed by atoms with van der Waals surface area (Å²) in [6, 6.07) is 10.3. The van der Waals surface area contributed by atoms with E-state index in [1.165, 1.54) is 6.07 Å². The fourth-order valence-electron chi connectivity index (χ4n) is 1.75. The molecule has 0 fully saturated rings. The maximum atomic E-state index is 13.6. The smallest absolute Gasteiger partial charge is 0.166 e. The molecule has 2 aromatic rings. The van der Waals surface area contributed by atoms with E-state index in [0.717, 1.165) is 11.1 Å². The molecule has 0 radical (unpaired) electrons. The van der Waals surface area contributed by atoms with Crippen molar-refractivity contribution in [3.8, 4) is 11.1 Å². The van der Waals surface area contributed by atoms with E-state index in [-0.39, 0.29) is 0 Å². The molecule has 0 saturated carbocycles. The topological polar surface area (TPSA) is 0 Å². The molecule has 0 heterocycles. The van der Waals surface area contributed by atoms with Crippen molar-refractivity contribution in [2.24, 2.45) is 0 Å². The number of halogens is 2. The Labute approximate surface area is 93.5 Å². The van der Waals surface area contributed by atoms with E-state index < -0.39 is 11.6 Å². The average molecular weight is 218 g/mol. The van der Waals surface area contributed by atoms with Crippen LogP contribution in [-0.2, 0) is 0 Å². The van der Waals surface area contributed by atoms with Gasteiger partial charge in [-0.3, -0.25) is 0 Å². The fourth-order valence-corrected chi connectivity index (χ4v) is 1.75. The van der Waals surface area contributed by atoms with E-state index in [1.807, 2.05) is 25.1 Å². The first kappa shape index (κ1) is 10.8. The molecule has 2 rings (SSSR count). The Hall–Kier alpha value is -1.70. The lowest BCUT2D eigenvalue weighted by Gasteiger charge is -2.06. The van der Waals surface area contributed by atoms with Crippen LogP contribution in [0.25, 0.3) is 11.1 Å². The largest absolute Gasteiger partial charge is 0.204 e. The molecule has 0 saturated heterocycles. The lowest BCUT2D eigenvalue weighted by atomic mass is 10.0. The van der Waals surface area contributed by atoms with Crippen LogP contribution in [0.4, 0.5) is 8.78 Å². The summed E-state index contributed by atoms with van der Waals surface area (Å²) in [5, 5.41) is 0. The molecule has 0 aromatic heterocycles. The first-order chi connectivity index (χ1) is 7.58. The predicted octanol–water partition coefficient (Wildman–Crippen LogP) is 4.25. The van der Waals surface area contributed by atoms with Gasteiger partial charge in [0.1, 0.15) is 0 Å². The molecule has 2 aromatic carbocycles. The minimum absolute atomic E-state index is 0.321. The van der Waals surface area contributed by atoms with Gasteiger partial charge in [-0.1, -0.05) is 29.8 Å². The van der Waals surface area contributed by atoms with Crippen molar-refractivity contribution in [3.05, 3.63) is 59.2 Å². The Morgan fingerprint density at radius 1 is 0.875 bits per heavy atom. The minimum atomic E-state index is -0.795. The molecule has 0 spiro atoms. The van der Waals surface area contributed by atoms with Crippen molar-refractivity contribution in [1.29, 1.82) is 0 Å². The minimum Gasteiger partial charge on any atom is -0.204 e. The molecule has 0 amide bonds. The lowest BCUT2D eigenvalue weighted by Crippen LogP contribution is -1.91. The zero-order valence-electron chi connectivity index (χ0n) is 9.22. The van der Waals surface area contributed by atoms with Gasteiger partial charge >= 0.3 is 0 Å². The number of hydrogen-bond donors (Lipinski definition) is 0. The Balaban J connectivity index is 2.64. The second kappa shape index (κ2) is 4.05. The second-order valence-corrected chi connectivity index (χ2v) is 3.98. The average Bonchev–Trinajstić information content (AvgIpc) is 2.23. The standard InChI is InChI=1S/C14H12F2/c1-9-4-3-5-11(6-9)12-7-10(2)8-13(15)14(12)16/h3-8H,1-2H3. The molecule has 0 bridgehead atoms. The Bertz CT molecular complexity index is 530. The third-order valence-corrected chi connectivity index (χ3v) is 2.50. The summed E-state index contributed by atoms with van der Waals surface area (Å²) in [6.45, 7) is 3.68. The van der Waals surface area contributed by atoms with Crippen molar-refractivity contribution in [3.63, 3.8) is 0 Å². The van der Waals surface area contributed by atoms with Gasteiger partial charge in [-0.15, -0.1) is 0 Å². The van der Waals surface area contributed by atoms with E-state index in [4.69, 9.17) is 0 Å². The third kappa shape index (κ3) is 1.96. The van der Waals surface area contributed by atoms with Crippen molar-refractivity contribution >= 4 is 0 Å². The highest BCUT2D eigenvalue weighted by molar-refractivity contribution is 5.65. The predicted molar refractivity (Wildman–Crippen MR) is 61.3 cm³/mol. The molecular formula is C14H12F2. The Morgan fingerprint density at radius 3 is 2.31 bits per heavy atom. The molecule has 2 heteroatoms. The van der Waals surface area contributed by atoms with Crippen LogP contribution in [-0.4, -0.2) is 0 Å². The van der Waals surface area contributed by atoms with E-state index >= 15 is 0 Å². The van der Waals surface area contributed by atoms with Crippen molar-refractivity contribution in [2.75, 3.05) is 0 Å². The SMILES string of the molecule is Cc1cccc(-c2cc(C)cc(F)c2F)c1. The van der Waals surface area contributed by atoms with Crippen LogP contribution in [0.5, 0.6) is 0 Å². The highest BCUT2D eigenvalue weighted by Crippen LogP contribution is 2.26. The van der Waals surface area contributed by atoms with Gasteiger partial charge in [-0.2, -0.15) is 0 Å². The van der Waals surface area contributed by atoms with Gasteiger partial charge in [-0.25, -0.2) is 8.78 Å². The zero-order chi connectivity index (χ0) is 11.7. The molecule has 0 aliphatic heterocycles. The molecule has 0 atom stereocenters. The molecule has 0 unspecified atom stereocenters. The van der Waals surface area contributed by atoms with Crippen molar-refractivity contribution < 1.29 is 8.78 Å². The van der Waals surface area contributed by atoms with Crippen LogP contribution in [0.3, 0.4) is 0 Å².